The molecule has 0 aromatic heterocycles. The van der Waals surface area contributed by atoms with E-state index in [0.717, 1.165) is 16.8 Å². The number of ether oxygens (including phenoxy) is 2. The van der Waals surface area contributed by atoms with Crippen LogP contribution in [0.4, 0.5) is 5.69 Å². The first kappa shape index (κ1) is 19.3. The van der Waals surface area contributed by atoms with Crippen molar-refractivity contribution in [2.75, 3.05) is 7.11 Å². The van der Waals surface area contributed by atoms with Crippen molar-refractivity contribution >= 4 is 35.1 Å². The van der Waals surface area contributed by atoms with Gasteiger partial charge < -0.3 is 9.47 Å². The Morgan fingerprint density at radius 2 is 1.78 bits per heavy atom. The number of nitrogens with zero attached hydrogens (tertiary/aromatic N) is 1. The van der Waals surface area contributed by atoms with Crippen molar-refractivity contribution in [3.8, 4) is 11.5 Å². The highest BCUT2D eigenvalue weighted by molar-refractivity contribution is 6.32. The van der Waals surface area contributed by atoms with Crippen LogP contribution in [0.2, 0.25) is 10.0 Å². The van der Waals surface area contributed by atoms with Gasteiger partial charge in [0, 0.05) is 11.2 Å². The molecule has 27 heavy (non-hydrogen) atoms. The number of aryl methyl sites for hydroxylation is 1. The Bertz CT molecular complexity index is 953. The Morgan fingerprint density at radius 1 is 1.00 bits per heavy atom. The maximum atomic E-state index is 6.42. The van der Waals surface area contributed by atoms with E-state index in [-0.39, 0.29) is 0 Å². The molecule has 0 heterocycles. The highest BCUT2D eigenvalue weighted by Crippen LogP contribution is 2.36. The van der Waals surface area contributed by atoms with E-state index in [2.05, 4.69) is 4.99 Å². The Morgan fingerprint density at radius 3 is 2.48 bits per heavy atom. The summed E-state index contributed by atoms with van der Waals surface area (Å²) in [6.45, 7) is 2.38. The quantitative estimate of drug-likeness (QED) is 0.434. The van der Waals surface area contributed by atoms with Crippen molar-refractivity contribution in [1.29, 1.82) is 0 Å². The van der Waals surface area contributed by atoms with Crippen molar-refractivity contribution in [1.82, 2.24) is 0 Å². The van der Waals surface area contributed by atoms with E-state index >= 15 is 0 Å². The third kappa shape index (κ3) is 5.25. The molecule has 0 spiro atoms. The average Bonchev–Trinajstić information content (AvgIpc) is 2.66. The number of aliphatic imine (C=N–C) groups is 1. The van der Waals surface area contributed by atoms with Crippen LogP contribution in [0.1, 0.15) is 16.7 Å². The van der Waals surface area contributed by atoms with Gasteiger partial charge in [-0.1, -0.05) is 53.0 Å². The van der Waals surface area contributed by atoms with Crippen LogP contribution >= 0.6 is 23.2 Å². The first-order chi connectivity index (χ1) is 13.0. The van der Waals surface area contributed by atoms with Gasteiger partial charge in [0.2, 0.25) is 0 Å². The maximum Gasteiger partial charge on any atom is 0.180 e. The summed E-state index contributed by atoms with van der Waals surface area (Å²) in [4.78, 5) is 4.47. The van der Waals surface area contributed by atoms with Crippen molar-refractivity contribution in [3.63, 3.8) is 0 Å². The summed E-state index contributed by atoms with van der Waals surface area (Å²) in [6.07, 6.45) is 1.75. The molecular weight excluding hydrogens is 381 g/mol. The molecule has 0 aliphatic carbocycles. The van der Waals surface area contributed by atoms with Crippen molar-refractivity contribution in [2.45, 2.75) is 13.5 Å². The van der Waals surface area contributed by atoms with Crippen LogP contribution in [0.3, 0.4) is 0 Å². The second kappa shape index (κ2) is 8.94. The number of halogens is 2. The normalized spacial score (nSPS) is 11.0. The molecule has 0 N–H and O–H groups in total. The van der Waals surface area contributed by atoms with Crippen molar-refractivity contribution in [3.05, 3.63) is 87.4 Å². The third-order valence-corrected chi connectivity index (χ3v) is 4.44. The van der Waals surface area contributed by atoms with Crippen molar-refractivity contribution < 1.29 is 9.47 Å². The van der Waals surface area contributed by atoms with Crippen LogP contribution in [-0.2, 0) is 6.61 Å². The Labute approximate surface area is 169 Å². The van der Waals surface area contributed by atoms with E-state index in [1.165, 1.54) is 5.56 Å². The molecule has 0 saturated carbocycles. The van der Waals surface area contributed by atoms with Gasteiger partial charge in [0.25, 0.3) is 0 Å². The minimum atomic E-state index is 0.341. The number of hydrogen-bond acceptors (Lipinski definition) is 3. The molecular formula is C22H19Cl2NO2. The number of rotatable bonds is 6. The molecule has 0 fully saturated rings. The van der Waals surface area contributed by atoms with Crippen LogP contribution in [-0.4, -0.2) is 13.3 Å². The molecule has 3 aromatic rings. The zero-order valence-electron chi connectivity index (χ0n) is 15.1. The number of benzene rings is 3. The summed E-state index contributed by atoms with van der Waals surface area (Å²) >= 11 is 12.4. The topological polar surface area (TPSA) is 30.8 Å². The predicted molar refractivity (Wildman–Crippen MR) is 112 cm³/mol. The van der Waals surface area contributed by atoms with Crippen LogP contribution in [0.15, 0.2) is 65.7 Å². The highest BCUT2D eigenvalue weighted by atomic mass is 35.5. The van der Waals surface area contributed by atoms with Gasteiger partial charge in [-0.25, -0.2) is 0 Å². The standard InChI is InChI=1S/C22H19Cl2NO2/c1-15-6-8-19(9-7-15)25-13-17-11-20(24)22(21(12-17)26-2)27-14-16-4-3-5-18(23)10-16/h3-13H,14H2,1-2H3. The zero-order valence-corrected chi connectivity index (χ0v) is 16.6. The lowest BCUT2D eigenvalue weighted by Gasteiger charge is -2.13. The molecule has 0 saturated heterocycles. The van der Waals surface area contributed by atoms with Gasteiger partial charge in [-0.2, -0.15) is 0 Å². The van der Waals surface area contributed by atoms with Crippen LogP contribution in [0.25, 0.3) is 0 Å². The molecule has 0 atom stereocenters. The van der Waals surface area contributed by atoms with E-state index in [0.29, 0.717) is 28.2 Å². The lowest BCUT2D eigenvalue weighted by molar-refractivity contribution is 0.284. The Hall–Kier alpha value is -2.49. The molecule has 3 nitrogen and oxygen atoms in total. The van der Waals surface area contributed by atoms with E-state index in [1.54, 1.807) is 19.4 Å². The van der Waals surface area contributed by atoms with E-state index in [4.69, 9.17) is 32.7 Å². The monoisotopic (exact) mass is 399 g/mol. The molecule has 5 heteroatoms. The lowest BCUT2D eigenvalue weighted by atomic mass is 10.2. The summed E-state index contributed by atoms with van der Waals surface area (Å²) in [5, 5.41) is 1.12. The zero-order chi connectivity index (χ0) is 19.2. The minimum absolute atomic E-state index is 0.341. The van der Waals surface area contributed by atoms with Gasteiger partial charge in [0.15, 0.2) is 11.5 Å². The van der Waals surface area contributed by atoms with E-state index < -0.39 is 0 Å². The SMILES string of the molecule is COc1cc(C=Nc2ccc(C)cc2)cc(Cl)c1OCc1cccc(Cl)c1. The molecule has 0 aliphatic heterocycles. The first-order valence-corrected chi connectivity index (χ1v) is 9.16. The van der Waals surface area contributed by atoms with Gasteiger partial charge in [-0.15, -0.1) is 0 Å². The smallest absolute Gasteiger partial charge is 0.180 e. The summed E-state index contributed by atoms with van der Waals surface area (Å²) in [7, 11) is 1.58. The Kier molecular flexibility index (Phi) is 6.38. The molecule has 0 bridgehead atoms. The number of methoxy groups -OCH3 is 1. The fourth-order valence-electron chi connectivity index (χ4n) is 2.52. The average molecular weight is 400 g/mol. The van der Waals surface area contributed by atoms with Crippen molar-refractivity contribution in [2.24, 2.45) is 4.99 Å². The molecule has 3 rings (SSSR count). The molecule has 0 aliphatic rings. The third-order valence-electron chi connectivity index (χ3n) is 3.92. The van der Waals surface area contributed by atoms with Crippen LogP contribution < -0.4 is 9.47 Å². The minimum Gasteiger partial charge on any atom is -0.493 e. The van der Waals surface area contributed by atoms with E-state index in [1.807, 2.05) is 61.5 Å². The molecule has 3 aromatic carbocycles. The lowest BCUT2D eigenvalue weighted by Crippen LogP contribution is -1.99. The summed E-state index contributed by atoms with van der Waals surface area (Å²) in [5.41, 5.74) is 3.84. The molecule has 0 radical (unpaired) electrons. The van der Waals surface area contributed by atoms with E-state index in [9.17, 15) is 0 Å². The predicted octanol–water partition coefficient (Wildman–Crippen LogP) is 6.64. The fourth-order valence-corrected chi connectivity index (χ4v) is 3.00. The van der Waals surface area contributed by atoms with Crippen LogP contribution in [0.5, 0.6) is 11.5 Å². The van der Waals surface area contributed by atoms with Crippen LogP contribution in [0, 0.1) is 6.92 Å². The second-order valence-electron chi connectivity index (χ2n) is 6.05. The number of hydrogen-bond donors (Lipinski definition) is 0. The maximum absolute atomic E-state index is 6.42. The van der Waals surface area contributed by atoms with Gasteiger partial charge in [-0.05, 0) is 54.4 Å². The Balaban J connectivity index is 1.79. The van der Waals surface area contributed by atoms with Gasteiger partial charge in [0.05, 0.1) is 17.8 Å². The largest absolute Gasteiger partial charge is 0.493 e. The highest BCUT2D eigenvalue weighted by Gasteiger charge is 2.12. The summed E-state index contributed by atoms with van der Waals surface area (Å²) < 4.78 is 11.3. The van der Waals surface area contributed by atoms with Gasteiger partial charge in [0.1, 0.15) is 6.61 Å². The fraction of sp³-hybridized carbons (Fsp3) is 0.136. The molecule has 0 amide bonds. The summed E-state index contributed by atoms with van der Waals surface area (Å²) in [5.74, 6) is 1.04. The molecule has 0 unspecified atom stereocenters. The summed E-state index contributed by atoms with van der Waals surface area (Å²) in [6, 6.07) is 19.1. The van der Waals surface area contributed by atoms with Gasteiger partial charge in [-0.3, -0.25) is 4.99 Å². The first-order valence-electron chi connectivity index (χ1n) is 8.40. The van der Waals surface area contributed by atoms with Gasteiger partial charge >= 0.3 is 0 Å². The second-order valence-corrected chi connectivity index (χ2v) is 6.89. The molecule has 138 valence electrons.